The summed E-state index contributed by atoms with van der Waals surface area (Å²) < 4.78 is 49.1. The molecule has 0 spiro atoms. The van der Waals surface area contributed by atoms with Crippen LogP contribution >= 0.6 is 15.9 Å². The molecule has 2 N–H and O–H groups in total. The van der Waals surface area contributed by atoms with Crippen molar-refractivity contribution in [3.8, 4) is 5.75 Å². The SMILES string of the molecule is COCCOc1cc(C(=O)OC)cc(NC[C@@H]2CCO2)c1NC(=O)Cc1cc(F)c(Br)cc1F. The van der Waals surface area contributed by atoms with E-state index in [0.29, 0.717) is 18.8 Å². The molecule has 3 rings (SSSR count). The molecule has 1 fully saturated rings. The predicted octanol–water partition coefficient (Wildman–Crippen LogP) is 3.92. The first-order chi connectivity index (χ1) is 16.3. The maximum absolute atomic E-state index is 14.2. The first-order valence-corrected chi connectivity index (χ1v) is 11.3. The Labute approximate surface area is 204 Å². The van der Waals surface area contributed by atoms with Gasteiger partial charge in [0.2, 0.25) is 5.91 Å². The van der Waals surface area contributed by atoms with Crippen molar-refractivity contribution in [1.82, 2.24) is 0 Å². The molecule has 0 bridgehead atoms. The van der Waals surface area contributed by atoms with Gasteiger partial charge in [-0.1, -0.05) is 0 Å². The van der Waals surface area contributed by atoms with Gasteiger partial charge in [-0.05, 0) is 46.6 Å². The second kappa shape index (κ2) is 12.1. The molecule has 34 heavy (non-hydrogen) atoms. The first kappa shape index (κ1) is 25.9. The summed E-state index contributed by atoms with van der Waals surface area (Å²) in [6.07, 6.45) is 0.442. The summed E-state index contributed by atoms with van der Waals surface area (Å²) >= 11 is 2.91. The zero-order chi connectivity index (χ0) is 24.7. The number of carbonyl (C=O) groups excluding carboxylic acids is 2. The minimum absolute atomic E-state index is 0.0111. The second-order valence-corrected chi connectivity index (χ2v) is 8.33. The van der Waals surface area contributed by atoms with Gasteiger partial charge in [0, 0.05) is 25.8 Å². The van der Waals surface area contributed by atoms with Crippen LogP contribution in [0.5, 0.6) is 5.75 Å². The standard InChI is InChI=1S/C23H25BrF2N2O6/c1-31-5-6-34-20-9-14(23(30)32-2)8-19(27-12-15-3-4-33-15)22(20)28-21(29)10-13-7-18(26)16(24)11-17(13)25/h7-9,11,15,27H,3-6,10,12H2,1-2H3,(H,28,29)/t15-/m0/s1. The van der Waals surface area contributed by atoms with E-state index in [2.05, 4.69) is 26.6 Å². The highest BCUT2D eigenvalue weighted by atomic mass is 79.9. The van der Waals surface area contributed by atoms with Crippen LogP contribution in [-0.4, -0.2) is 58.6 Å². The van der Waals surface area contributed by atoms with Crippen molar-refractivity contribution in [2.24, 2.45) is 0 Å². The van der Waals surface area contributed by atoms with Crippen molar-refractivity contribution < 1.29 is 37.3 Å². The number of methoxy groups -OCH3 is 2. The van der Waals surface area contributed by atoms with Crippen LogP contribution in [0.1, 0.15) is 22.3 Å². The Balaban J connectivity index is 1.91. The van der Waals surface area contributed by atoms with E-state index >= 15 is 0 Å². The predicted molar refractivity (Wildman–Crippen MR) is 124 cm³/mol. The molecule has 1 atom stereocenters. The zero-order valence-corrected chi connectivity index (χ0v) is 20.3. The van der Waals surface area contributed by atoms with Gasteiger partial charge < -0.3 is 29.6 Å². The molecule has 1 aliphatic rings. The minimum Gasteiger partial charge on any atom is -0.489 e. The van der Waals surface area contributed by atoms with Crippen LogP contribution in [0.2, 0.25) is 0 Å². The monoisotopic (exact) mass is 542 g/mol. The number of hydrogen-bond donors (Lipinski definition) is 2. The van der Waals surface area contributed by atoms with Gasteiger partial charge in [0.1, 0.15) is 29.7 Å². The van der Waals surface area contributed by atoms with E-state index in [1.807, 2.05) is 0 Å². The van der Waals surface area contributed by atoms with Gasteiger partial charge in [-0.2, -0.15) is 0 Å². The molecule has 2 aromatic carbocycles. The van der Waals surface area contributed by atoms with E-state index in [-0.39, 0.29) is 46.4 Å². The van der Waals surface area contributed by atoms with Crippen LogP contribution in [0.15, 0.2) is 28.7 Å². The topological polar surface area (TPSA) is 95.1 Å². The van der Waals surface area contributed by atoms with Crippen LogP contribution in [0.25, 0.3) is 0 Å². The summed E-state index contributed by atoms with van der Waals surface area (Å²) in [5.41, 5.74) is 0.724. The molecule has 1 amide bonds. The molecule has 184 valence electrons. The van der Waals surface area contributed by atoms with E-state index in [9.17, 15) is 18.4 Å². The second-order valence-electron chi connectivity index (χ2n) is 7.47. The summed E-state index contributed by atoms with van der Waals surface area (Å²) in [7, 11) is 2.76. The molecule has 0 saturated carbocycles. The summed E-state index contributed by atoms with van der Waals surface area (Å²) in [6.45, 7) is 1.50. The van der Waals surface area contributed by atoms with E-state index in [4.69, 9.17) is 18.9 Å². The molecule has 1 saturated heterocycles. The number of hydrogen-bond acceptors (Lipinski definition) is 7. The van der Waals surface area contributed by atoms with Crippen LogP contribution in [0, 0.1) is 11.6 Å². The number of halogens is 3. The van der Waals surface area contributed by atoms with Gasteiger partial charge in [0.05, 0.1) is 42.0 Å². The van der Waals surface area contributed by atoms with Gasteiger partial charge >= 0.3 is 5.97 Å². The van der Waals surface area contributed by atoms with E-state index in [1.54, 1.807) is 0 Å². The zero-order valence-electron chi connectivity index (χ0n) is 18.7. The van der Waals surface area contributed by atoms with Gasteiger partial charge in [-0.15, -0.1) is 0 Å². The number of carbonyl (C=O) groups is 2. The minimum atomic E-state index is -0.721. The number of ether oxygens (including phenoxy) is 4. The highest BCUT2D eigenvalue weighted by molar-refractivity contribution is 9.10. The van der Waals surface area contributed by atoms with Crippen LogP contribution in [0.4, 0.5) is 20.2 Å². The summed E-state index contributed by atoms with van der Waals surface area (Å²) in [6, 6.07) is 4.88. The average molecular weight is 543 g/mol. The average Bonchev–Trinajstić information content (AvgIpc) is 2.77. The molecule has 1 aliphatic heterocycles. The lowest BCUT2D eigenvalue weighted by Gasteiger charge is -2.28. The number of nitrogens with one attached hydrogen (secondary N) is 2. The maximum atomic E-state index is 14.2. The largest absolute Gasteiger partial charge is 0.489 e. The molecule has 0 aromatic heterocycles. The van der Waals surface area contributed by atoms with Crippen molar-refractivity contribution in [3.05, 3.63) is 51.5 Å². The van der Waals surface area contributed by atoms with Crippen LogP contribution in [-0.2, 0) is 25.4 Å². The molecule has 2 aromatic rings. The van der Waals surface area contributed by atoms with Crippen molar-refractivity contribution in [3.63, 3.8) is 0 Å². The molecule has 0 unspecified atom stereocenters. The molecular weight excluding hydrogens is 518 g/mol. The fraction of sp³-hybridized carbons (Fsp3) is 0.391. The Hall–Kier alpha value is -2.76. The summed E-state index contributed by atoms with van der Waals surface area (Å²) in [5, 5.41) is 5.86. The van der Waals surface area contributed by atoms with Gasteiger partial charge in [0.25, 0.3) is 0 Å². The lowest BCUT2D eigenvalue weighted by atomic mass is 10.1. The van der Waals surface area contributed by atoms with Gasteiger partial charge in [-0.25, -0.2) is 13.6 Å². The Morgan fingerprint density at radius 3 is 2.56 bits per heavy atom. The van der Waals surface area contributed by atoms with Crippen molar-refractivity contribution in [2.75, 3.05) is 51.2 Å². The third-order valence-electron chi connectivity index (χ3n) is 5.09. The van der Waals surface area contributed by atoms with E-state index in [0.717, 1.165) is 18.6 Å². The quantitative estimate of drug-likeness (QED) is 0.252. The summed E-state index contributed by atoms with van der Waals surface area (Å²) in [4.78, 5) is 25.0. The smallest absolute Gasteiger partial charge is 0.338 e. The number of anilines is 2. The molecule has 1 heterocycles. The summed E-state index contributed by atoms with van der Waals surface area (Å²) in [5.74, 6) is -2.41. The Morgan fingerprint density at radius 1 is 1.15 bits per heavy atom. The molecule has 8 nitrogen and oxygen atoms in total. The highest BCUT2D eigenvalue weighted by Gasteiger charge is 2.22. The fourth-order valence-electron chi connectivity index (χ4n) is 3.19. The van der Waals surface area contributed by atoms with Crippen molar-refractivity contribution >= 4 is 39.2 Å². The number of amides is 1. The fourth-order valence-corrected chi connectivity index (χ4v) is 3.51. The third kappa shape index (κ3) is 6.64. The molecule has 0 aliphatic carbocycles. The van der Waals surface area contributed by atoms with Crippen LogP contribution < -0.4 is 15.4 Å². The number of esters is 1. The van der Waals surface area contributed by atoms with Crippen LogP contribution in [0.3, 0.4) is 0 Å². The lowest BCUT2D eigenvalue weighted by molar-refractivity contribution is -0.115. The highest BCUT2D eigenvalue weighted by Crippen LogP contribution is 2.36. The Morgan fingerprint density at radius 2 is 1.91 bits per heavy atom. The lowest BCUT2D eigenvalue weighted by Crippen LogP contribution is -2.33. The number of benzene rings is 2. The van der Waals surface area contributed by atoms with E-state index in [1.165, 1.54) is 26.4 Å². The number of rotatable bonds is 11. The Kier molecular flexibility index (Phi) is 9.20. The van der Waals surface area contributed by atoms with Crippen molar-refractivity contribution in [2.45, 2.75) is 18.9 Å². The normalized spacial score (nSPS) is 14.8. The third-order valence-corrected chi connectivity index (χ3v) is 5.69. The van der Waals surface area contributed by atoms with Gasteiger partial charge in [-0.3, -0.25) is 4.79 Å². The first-order valence-electron chi connectivity index (χ1n) is 10.5. The molecule has 0 radical (unpaired) electrons. The maximum Gasteiger partial charge on any atom is 0.338 e. The Bertz CT molecular complexity index is 1050. The molecular formula is C23H25BrF2N2O6. The molecule has 11 heteroatoms. The van der Waals surface area contributed by atoms with Crippen molar-refractivity contribution in [1.29, 1.82) is 0 Å². The van der Waals surface area contributed by atoms with Gasteiger partial charge in [0.15, 0.2) is 0 Å². The van der Waals surface area contributed by atoms with E-state index < -0.39 is 29.9 Å².